The van der Waals surface area contributed by atoms with Crippen LogP contribution in [-0.4, -0.2) is 5.66 Å². The molecule has 0 heterocycles. The Hall–Kier alpha value is 1.19. The van der Waals surface area contributed by atoms with E-state index >= 15 is 0 Å². The first kappa shape index (κ1) is 12.2. The van der Waals surface area contributed by atoms with Gasteiger partial charge in [-0.3, -0.25) is 0 Å². The van der Waals surface area contributed by atoms with Crippen LogP contribution in [0.5, 0.6) is 0 Å². The quantitative estimate of drug-likeness (QED) is 0.498. The van der Waals surface area contributed by atoms with Gasteiger partial charge in [0.2, 0.25) is 0 Å². The van der Waals surface area contributed by atoms with Crippen LogP contribution in [-0.2, 0) is 18.8 Å². The second-order valence-corrected chi connectivity index (χ2v) is 3.11. The minimum atomic E-state index is -0.681. The fourth-order valence-electron chi connectivity index (χ4n) is 1.07. The third-order valence-corrected chi connectivity index (χ3v) is 2.28. The molecule has 1 saturated carbocycles. The molecular formula is C6H12Cl2N2Pt. The average Bonchev–Trinajstić information content (AvgIpc) is 2.00. The zero-order chi connectivity index (χ0) is 8.91. The van der Waals surface area contributed by atoms with Crippen LogP contribution in [0, 0.1) is 5.38 Å². The molecule has 0 aromatic carbocycles. The van der Waals surface area contributed by atoms with Crippen LogP contribution in [0.3, 0.4) is 0 Å². The molecule has 1 fully saturated rings. The Labute approximate surface area is 87.8 Å². The van der Waals surface area contributed by atoms with E-state index in [1.165, 1.54) is 0 Å². The number of hydrogen-bond donors (Lipinski definition) is 2. The van der Waals surface area contributed by atoms with Gasteiger partial charge in [0.25, 0.3) is 0 Å². The first-order valence-corrected chi connectivity index (χ1v) is 6.54. The summed E-state index contributed by atoms with van der Waals surface area (Å²) >= 11 is 7.39. The summed E-state index contributed by atoms with van der Waals surface area (Å²) in [6, 6.07) is 0. The molecule has 70 valence electrons. The molecular weight excluding hydrogens is 366 g/mol. The van der Waals surface area contributed by atoms with E-state index in [0.29, 0.717) is 0 Å². The first-order chi connectivity index (χ1) is 5.13. The van der Waals surface area contributed by atoms with Crippen molar-refractivity contribution in [3.8, 4) is 0 Å². The molecule has 2 nitrogen and oxygen atoms in total. The molecule has 0 atom stereocenters. The Morgan fingerprint density at radius 1 is 1.27 bits per heavy atom. The number of nitrogens with two attached hydrogens (primary N) is 2. The molecule has 1 rings (SSSR count). The van der Waals surface area contributed by atoms with Crippen LogP contribution in [0.2, 0.25) is 0 Å². The number of halogens is 2. The maximum atomic E-state index is 5.77. The van der Waals surface area contributed by atoms with Crippen molar-refractivity contribution in [3.05, 3.63) is 5.38 Å². The van der Waals surface area contributed by atoms with Crippen molar-refractivity contribution in [1.29, 1.82) is 0 Å². The second-order valence-electron chi connectivity index (χ2n) is 2.65. The third kappa shape index (κ3) is 4.09. The Balaban J connectivity index is 0.000000461. The zero-order valence-electron chi connectivity index (χ0n) is 6.06. The van der Waals surface area contributed by atoms with Gasteiger partial charge in [-0.05, 0) is 12.1 Å². The van der Waals surface area contributed by atoms with Gasteiger partial charge in [0.05, 0.1) is 0 Å². The predicted octanol–water partition coefficient (Wildman–Crippen LogP) is 1.63. The van der Waals surface area contributed by atoms with Crippen molar-refractivity contribution in [3.63, 3.8) is 0 Å². The molecule has 0 spiro atoms. The number of rotatable bonds is 0. The predicted molar refractivity (Wildman–Crippen MR) is 44.5 cm³/mol. The molecule has 1 aliphatic carbocycles. The maximum absolute atomic E-state index is 5.77. The topological polar surface area (TPSA) is 52.0 Å². The summed E-state index contributed by atoms with van der Waals surface area (Å²) < 4.78 is 0. The van der Waals surface area contributed by atoms with E-state index in [0.717, 1.165) is 31.1 Å². The van der Waals surface area contributed by atoms with Crippen molar-refractivity contribution in [2.24, 2.45) is 11.5 Å². The molecule has 0 bridgehead atoms. The molecule has 0 amide bonds. The fraction of sp³-hybridized carbons (Fsp3) is 0.833. The number of hydrogen-bond acceptors (Lipinski definition) is 2. The first-order valence-electron chi connectivity index (χ1n) is 3.34. The van der Waals surface area contributed by atoms with Crippen molar-refractivity contribution >= 4 is 21.0 Å². The third-order valence-electron chi connectivity index (χ3n) is 1.74. The minimum absolute atomic E-state index is 0.681. The standard InChI is InChI=1S/C6H12ClN2.ClH.Pt/c7-5-3-1-2-4-6(5,8)9;;/h1-4,8-9H2;1H;/q-1;;+2/p-1. The van der Waals surface area contributed by atoms with Gasteiger partial charge in [0.15, 0.2) is 0 Å². The summed E-state index contributed by atoms with van der Waals surface area (Å²) in [6.45, 7) is 0. The molecule has 0 aromatic heterocycles. The van der Waals surface area contributed by atoms with Gasteiger partial charge in [-0.25, -0.2) is 0 Å². The fourth-order valence-corrected chi connectivity index (χ4v) is 1.29. The van der Waals surface area contributed by atoms with Gasteiger partial charge < -0.3 is 23.1 Å². The summed E-state index contributed by atoms with van der Waals surface area (Å²) in [5.74, 6) is 0. The van der Waals surface area contributed by atoms with Gasteiger partial charge in [0, 0.05) is 0 Å². The normalized spacial score (nSPS) is 23.8. The second kappa shape index (κ2) is 5.77. The molecule has 0 aromatic rings. The van der Waals surface area contributed by atoms with Crippen LogP contribution in [0.15, 0.2) is 0 Å². The van der Waals surface area contributed by atoms with E-state index in [1.807, 2.05) is 0 Å². The Bertz CT molecular complexity index is 111. The van der Waals surface area contributed by atoms with Crippen molar-refractivity contribution in [2.75, 3.05) is 0 Å². The van der Waals surface area contributed by atoms with Gasteiger partial charge >= 0.3 is 28.2 Å². The Morgan fingerprint density at radius 2 is 1.82 bits per heavy atom. The molecule has 0 unspecified atom stereocenters. The van der Waals surface area contributed by atoms with Gasteiger partial charge in [-0.1, -0.05) is 12.8 Å². The molecule has 0 aliphatic heterocycles. The SMILES string of the molecule is NC1(N)CCCC[C-]1Cl.[Cl][Pt+]. The zero-order valence-corrected chi connectivity index (χ0v) is 9.84. The summed E-state index contributed by atoms with van der Waals surface area (Å²) in [5.41, 5.74) is 10.6. The van der Waals surface area contributed by atoms with Crippen molar-refractivity contribution in [2.45, 2.75) is 31.3 Å². The molecule has 4 N–H and O–H groups in total. The van der Waals surface area contributed by atoms with Gasteiger partial charge in [-0.15, -0.1) is 0 Å². The molecule has 0 radical (unpaired) electrons. The summed E-state index contributed by atoms with van der Waals surface area (Å²) in [4.78, 5) is 0. The molecule has 0 saturated heterocycles. The van der Waals surface area contributed by atoms with E-state index in [2.05, 4.69) is 9.42 Å². The van der Waals surface area contributed by atoms with Crippen LogP contribution in [0.25, 0.3) is 0 Å². The van der Waals surface area contributed by atoms with Crippen LogP contribution >= 0.6 is 21.0 Å². The molecule has 11 heavy (non-hydrogen) atoms. The van der Waals surface area contributed by atoms with Crippen molar-refractivity contribution < 1.29 is 18.8 Å². The average molecular weight is 378 g/mol. The van der Waals surface area contributed by atoms with E-state index in [1.54, 1.807) is 18.8 Å². The summed E-state index contributed by atoms with van der Waals surface area (Å²) in [6.07, 6.45) is 3.94. The van der Waals surface area contributed by atoms with Crippen LogP contribution in [0.1, 0.15) is 25.7 Å². The summed E-state index contributed by atoms with van der Waals surface area (Å²) in [5, 5.41) is 0.730. The Morgan fingerprint density at radius 3 is 2.09 bits per heavy atom. The van der Waals surface area contributed by atoms with E-state index in [4.69, 9.17) is 23.1 Å². The monoisotopic (exact) mass is 377 g/mol. The molecule has 5 heteroatoms. The van der Waals surface area contributed by atoms with Crippen LogP contribution in [0.4, 0.5) is 0 Å². The van der Waals surface area contributed by atoms with Gasteiger partial charge in [-0.2, -0.15) is 11.8 Å². The van der Waals surface area contributed by atoms with E-state index in [-0.39, 0.29) is 0 Å². The van der Waals surface area contributed by atoms with E-state index in [9.17, 15) is 0 Å². The summed E-state index contributed by atoms with van der Waals surface area (Å²) in [7, 11) is 4.61. The van der Waals surface area contributed by atoms with E-state index < -0.39 is 5.66 Å². The van der Waals surface area contributed by atoms with Gasteiger partial charge in [0.1, 0.15) is 0 Å². The van der Waals surface area contributed by atoms with Crippen LogP contribution < -0.4 is 11.5 Å². The Kier molecular flexibility index (Phi) is 6.39. The van der Waals surface area contributed by atoms with Crippen molar-refractivity contribution in [1.82, 2.24) is 0 Å². The molecule has 1 aliphatic rings.